The number of nitrogens with zero attached hydrogens (tertiary/aromatic N) is 2. The van der Waals surface area contributed by atoms with Gasteiger partial charge in [-0.25, -0.2) is 0 Å². The number of aromatic hydroxyl groups is 1. The Bertz CT molecular complexity index is 2550. The second-order valence-corrected chi connectivity index (χ2v) is 15.4. The Balaban J connectivity index is 0.000000276. The number of benzene rings is 2. The van der Waals surface area contributed by atoms with Crippen LogP contribution in [0.1, 0.15) is 65.2 Å². The van der Waals surface area contributed by atoms with E-state index in [2.05, 4.69) is 9.98 Å². The third kappa shape index (κ3) is 10.6. The van der Waals surface area contributed by atoms with Crippen LogP contribution in [0.25, 0.3) is 21.9 Å². The van der Waals surface area contributed by atoms with Crippen molar-refractivity contribution in [3.8, 4) is 5.75 Å². The van der Waals surface area contributed by atoms with Crippen molar-refractivity contribution in [1.82, 2.24) is 0 Å². The van der Waals surface area contributed by atoms with E-state index in [0.717, 1.165) is 6.26 Å². The van der Waals surface area contributed by atoms with Gasteiger partial charge in [-0.2, -0.15) is 0 Å². The molecule has 0 saturated carbocycles. The number of fused-ring (bicyclic) bond motifs is 2. The molecule has 2 aromatic carbocycles. The van der Waals surface area contributed by atoms with E-state index in [-0.39, 0.29) is 76.2 Å². The molecule has 2 fully saturated rings. The van der Waals surface area contributed by atoms with E-state index < -0.39 is 110 Å². The number of aliphatic imine (C=N–C) groups is 2. The number of aryl methyl sites for hydroxylation is 3. The zero-order valence-electron chi connectivity index (χ0n) is 35.4. The first-order chi connectivity index (χ1) is 29.6. The summed E-state index contributed by atoms with van der Waals surface area (Å²) in [5, 5.41) is 109. The van der Waals surface area contributed by atoms with Crippen LogP contribution in [0.4, 0.5) is 0 Å². The molecule has 2 aromatic heterocycles. The maximum absolute atomic E-state index is 13.2. The summed E-state index contributed by atoms with van der Waals surface area (Å²) in [6.45, 7) is 5.88. The number of phenolic OH excluding ortho intramolecular Hbond substituents is 1. The fourth-order valence-corrected chi connectivity index (χ4v) is 7.68. The summed E-state index contributed by atoms with van der Waals surface area (Å²) >= 11 is 0. The Morgan fingerprint density at radius 1 is 0.672 bits per heavy atom. The van der Waals surface area contributed by atoms with Crippen LogP contribution >= 0.6 is 0 Å². The van der Waals surface area contributed by atoms with Crippen LogP contribution < -0.4 is 10.9 Å². The number of rotatable bonds is 11. The monoisotopic (exact) mass is 950 g/mol. The molecule has 0 radical (unpaired) electrons. The Morgan fingerprint density at radius 2 is 1.19 bits per heavy atom. The molecular formula is C42H50N2O19Zn. The quantitative estimate of drug-likeness (QED) is 0.0649. The third-order valence-corrected chi connectivity index (χ3v) is 10.9. The Labute approximate surface area is 375 Å². The van der Waals surface area contributed by atoms with Gasteiger partial charge >= 0.3 is 11.9 Å². The predicted octanol–water partition coefficient (Wildman–Crippen LogP) is -0.774. The fraction of sp³-hybridized carbons (Fsp3) is 0.476. The number of hydrogen-bond donors (Lipinski definition) is 11. The molecule has 0 spiro atoms. The van der Waals surface area contributed by atoms with Gasteiger partial charge in [-0.3, -0.25) is 29.2 Å². The first-order valence-electron chi connectivity index (χ1n) is 19.5. The molecule has 4 aromatic rings. The molecule has 0 amide bonds. The van der Waals surface area contributed by atoms with Gasteiger partial charge in [-0.05, 0) is 57.4 Å². The van der Waals surface area contributed by atoms with E-state index in [9.17, 15) is 65.1 Å². The Morgan fingerprint density at radius 3 is 1.72 bits per heavy atom. The van der Waals surface area contributed by atoms with Crippen molar-refractivity contribution in [3.05, 3.63) is 84.0 Å². The van der Waals surface area contributed by atoms with Gasteiger partial charge in [0.1, 0.15) is 103 Å². The van der Waals surface area contributed by atoms with Crippen molar-refractivity contribution in [1.29, 1.82) is 0 Å². The van der Waals surface area contributed by atoms with E-state index >= 15 is 0 Å². The summed E-state index contributed by atoms with van der Waals surface area (Å²) in [6, 6.07) is 4.21. The largest absolute Gasteiger partial charge is 0.507 e. The number of aliphatic carboxylic acids is 2. The number of aliphatic hydroxyl groups is 8. The molecule has 6 rings (SSSR count). The maximum atomic E-state index is 13.2. The number of carbonyl (C=O) groups is 2. The van der Waals surface area contributed by atoms with E-state index in [4.69, 9.17) is 28.5 Å². The van der Waals surface area contributed by atoms with Gasteiger partial charge in [0, 0.05) is 49.0 Å². The summed E-state index contributed by atoms with van der Waals surface area (Å²) < 4.78 is 22.8. The molecule has 10 atom stereocenters. The van der Waals surface area contributed by atoms with Crippen molar-refractivity contribution >= 4 is 45.3 Å². The number of aliphatic hydroxyl groups excluding tert-OH is 8. The van der Waals surface area contributed by atoms with Gasteiger partial charge in [0.05, 0.1) is 35.1 Å². The number of carboxylic acids is 2. The molecule has 2 aliphatic heterocycles. The molecule has 64 heavy (non-hydrogen) atoms. The standard InChI is InChI=1S/C21H25NO10.C21H25NO9.Zn/c1-8-3-11(24)16(21-19(30)18(29)17(28)13(7-23)32-21)20-15(8)12(25)5-10(31-20)4-9(2)22-6-14(26)27;1-8-4-9(2)15(21-19(29)18(28)17(27)12(6-23)31-21)20-14(8)16(26)11(7-30-20)10(3)22-5-13(24)25;/h3,5,13,17-19,21,23-24,28-30H,4,6-7H2,1-2H3,(H,26,27);4,7,12,17-19,21,23,27-29H,5-6H2,1-3H3,(H,24,25);. The summed E-state index contributed by atoms with van der Waals surface area (Å²) in [5.41, 5.74) is 1.61. The Kier molecular flexibility index (Phi) is 17.3. The fourth-order valence-electron chi connectivity index (χ4n) is 7.68. The van der Waals surface area contributed by atoms with Crippen molar-refractivity contribution in [2.75, 3.05) is 26.3 Å². The van der Waals surface area contributed by atoms with Crippen LogP contribution in [0.15, 0.2) is 52.9 Å². The molecular weight excluding hydrogens is 902 g/mol. The molecule has 344 valence electrons. The van der Waals surface area contributed by atoms with Crippen molar-refractivity contribution in [3.63, 3.8) is 0 Å². The van der Waals surface area contributed by atoms with Crippen LogP contribution in [0.3, 0.4) is 0 Å². The minimum Gasteiger partial charge on any atom is -0.507 e. The minimum absolute atomic E-state index is 0. The van der Waals surface area contributed by atoms with Crippen LogP contribution in [0, 0.1) is 20.8 Å². The number of hydrogen-bond acceptors (Lipinski definition) is 19. The van der Waals surface area contributed by atoms with Crippen LogP contribution in [-0.2, 0) is 45.0 Å². The van der Waals surface area contributed by atoms with E-state index in [1.54, 1.807) is 33.8 Å². The summed E-state index contributed by atoms with van der Waals surface area (Å²) in [4.78, 5) is 55.2. The molecule has 4 heterocycles. The van der Waals surface area contributed by atoms with Crippen LogP contribution in [0.5, 0.6) is 5.75 Å². The van der Waals surface area contributed by atoms with Crippen LogP contribution in [-0.4, -0.2) is 155 Å². The molecule has 2 saturated heterocycles. The third-order valence-electron chi connectivity index (χ3n) is 10.9. The number of phenols is 1. The zero-order chi connectivity index (χ0) is 46.8. The van der Waals surface area contributed by atoms with Gasteiger partial charge in [0.2, 0.25) is 5.43 Å². The van der Waals surface area contributed by atoms with Crippen LogP contribution in [0.2, 0.25) is 0 Å². The maximum Gasteiger partial charge on any atom is 0.325 e. The normalized spacial score (nSPS) is 26.3. The molecule has 0 bridgehead atoms. The van der Waals surface area contributed by atoms with E-state index in [0.29, 0.717) is 28.0 Å². The van der Waals surface area contributed by atoms with Gasteiger partial charge in [0.15, 0.2) is 5.43 Å². The smallest absolute Gasteiger partial charge is 0.325 e. The zero-order valence-corrected chi connectivity index (χ0v) is 38.4. The Hall–Kier alpha value is -4.84. The van der Waals surface area contributed by atoms with Gasteiger partial charge in [-0.15, -0.1) is 0 Å². The molecule has 0 aliphatic carbocycles. The van der Waals surface area contributed by atoms with E-state index in [1.807, 2.05) is 0 Å². The topological polar surface area (TPSA) is 360 Å². The molecule has 10 unspecified atom stereocenters. The summed E-state index contributed by atoms with van der Waals surface area (Å²) in [7, 11) is 0. The molecule has 11 N–H and O–H groups in total. The van der Waals surface area contributed by atoms with Crippen molar-refractivity contribution in [2.45, 2.75) is 102 Å². The number of ether oxygens (including phenoxy) is 2. The SMILES string of the molecule is CC(=NCC(=O)O)c1coc2c(C3OC(CO)C(O)C(O)C3O)c(C)cc(C)c2c1=O.CC(Cc1cc(=O)c2c(C)cc(O)c(C3OC(CO)C(O)C(O)C3O)c2o1)=NCC(=O)O.[Zn]. The van der Waals surface area contributed by atoms with Crippen molar-refractivity contribution in [2.24, 2.45) is 9.98 Å². The predicted molar refractivity (Wildman–Crippen MR) is 220 cm³/mol. The van der Waals surface area contributed by atoms with Crippen molar-refractivity contribution < 1.29 is 104 Å². The van der Waals surface area contributed by atoms with Gasteiger partial charge < -0.3 is 74.5 Å². The summed E-state index contributed by atoms with van der Waals surface area (Å²) in [5.74, 6) is -2.50. The average Bonchev–Trinajstić information content (AvgIpc) is 3.21. The number of carboxylic acid groups (broad SMARTS) is 2. The average molecular weight is 952 g/mol. The molecule has 2 aliphatic rings. The van der Waals surface area contributed by atoms with E-state index in [1.165, 1.54) is 19.1 Å². The summed E-state index contributed by atoms with van der Waals surface area (Å²) in [6.07, 6.45) is -13.4. The second-order valence-electron chi connectivity index (χ2n) is 15.4. The van der Waals surface area contributed by atoms with Gasteiger partial charge in [-0.1, -0.05) is 6.07 Å². The molecule has 21 nitrogen and oxygen atoms in total. The first-order valence-corrected chi connectivity index (χ1v) is 19.5. The second kappa shape index (κ2) is 21.4. The minimum atomic E-state index is -1.70. The van der Waals surface area contributed by atoms with Gasteiger partial charge in [0.25, 0.3) is 0 Å². The first kappa shape index (κ1) is 51.8. The molecule has 22 heteroatoms.